The first kappa shape index (κ1) is 16.7. The highest BCUT2D eigenvalue weighted by Crippen LogP contribution is 2.26. The molecule has 1 N–H and O–H groups in total. The predicted octanol–water partition coefficient (Wildman–Crippen LogP) is 4.47. The third-order valence-corrected chi connectivity index (χ3v) is 5.50. The van der Waals surface area contributed by atoms with E-state index in [1.807, 2.05) is 24.3 Å². The summed E-state index contributed by atoms with van der Waals surface area (Å²) in [4.78, 5) is 14.9. The molecular weight excluding hydrogens is 372 g/mol. The Morgan fingerprint density at radius 1 is 1.26 bits per heavy atom. The Bertz CT molecular complexity index is 638. The molecule has 122 valence electrons. The van der Waals surface area contributed by atoms with Crippen molar-refractivity contribution < 1.29 is 4.79 Å². The molecule has 0 bridgehead atoms. The summed E-state index contributed by atoms with van der Waals surface area (Å²) in [7, 11) is 0. The molecule has 5 heteroatoms. The van der Waals surface area contributed by atoms with Gasteiger partial charge in [-0.05, 0) is 66.5 Å². The second-order valence-corrected chi connectivity index (χ2v) is 7.59. The minimum atomic E-state index is -0.0106. The van der Waals surface area contributed by atoms with Crippen LogP contribution in [-0.2, 0) is 0 Å². The van der Waals surface area contributed by atoms with Crippen LogP contribution in [0.4, 0.5) is 0 Å². The highest BCUT2D eigenvalue weighted by molar-refractivity contribution is 9.10. The number of amides is 1. The lowest BCUT2D eigenvalue weighted by atomic mass is 10.0. The van der Waals surface area contributed by atoms with Crippen molar-refractivity contribution in [2.24, 2.45) is 0 Å². The summed E-state index contributed by atoms with van der Waals surface area (Å²) >= 11 is 5.14. The number of likely N-dealkylation sites (tertiary alicyclic amines) is 1. The Kier molecular flexibility index (Phi) is 5.86. The molecular formula is C18H21BrN2OS. The molecule has 1 amide bonds. The number of carbonyl (C=O) groups is 1. The van der Waals surface area contributed by atoms with Crippen LogP contribution in [0.2, 0.25) is 0 Å². The highest BCUT2D eigenvalue weighted by atomic mass is 79.9. The lowest BCUT2D eigenvalue weighted by molar-refractivity contribution is 0.0924. The van der Waals surface area contributed by atoms with Gasteiger partial charge in [0.2, 0.25) is 0 Å². The zero-order valence-electron chi connectivity index (χ0n) is 13.0. The van der Waals surface area contributed by atoms with Crippen molar-refractivity contribution in [2.75, 3.05) is 19.6 Å². The van der Waals surface area contributed by atoms with Gasteiger partial charge in [-0.15, -0.1) is 0 Å². The lowest BCUT2D eigenvalue weighted by Crippen LogP contribution is -2.40. The maximum atomic E-state index is 12.4. The third-order valence-electron chi connectivity index (χ3n) is 4.30. The number of piperidine rings is 1. The van der Waals surface area contributed by atoms with Gasteiger partial charge >= 0.3 is 0 Å². The first-order chi connectivity index (χ1) is 11.2. The Labute approximate surface area is 149 Å². The SMILES string of the molecule is O=C(NCC(c1ccsc1)N1CCCCC1)c1cccc(Br)c1. The molecule has 2 aromatic rings. The van der Waals surface area contributed by atoms with Crippen molar-refractivity contribution in [2.45, 2.75) is 25.3 Å². The second-order valence-electron chi connectivity index (χ2n) is 5.89. The van der Waals surface area contributed by atoms with E-state index in [0.717, 1.165) is 17.6 Å². The average molecular weight is 393 g/mol. The summed E-state index contributed by atoms with van der Waals surface area (Å²) in [6.07, 6.45) is 3.82. The van der Waals surface area contributed by atoms with Crippen molar-refractivity contribution in [3.8, 4) is 0 Å². The van der Waals surface area contributed by atoms with Crippen LogP contribution in [0.15, 0.2) is 45.6 Å². The molecule has 1 aliphatic rings. The highest BCUT2D eigenvalue weighted by Gasteiger charge is 2.23. The van der Waals surface area contributed by atoms with Crippen molar-refractivity contribution in [1.82, 2.24) is 10.2 Å². The van der Waals surface area contributed by atoms with E-state index in [9.17, 15) is 4.79 Å². The largest absolute Gasteiger partial charge is 0.350 e. The molecule has 0 aliphatic carbocycles. The molecule has 3 nitrogen and oxygen atoms in total. The molecule has 0 saturated carbocycles. The van der Waals surface area contributed by atoms with Gasteiger partial charge in [0, 0.05) is 16.6 Å². The molecule has 3 rings (SSSR count). The number of rotatable bonds is 5. The van der Waals surface area contributed by atoms with Crippen LogP contribution in [0.1, 0.15) is 41.2 Å². The fraction of sp³-hybridized carbons (Fsp3) is 0.389. The zero-order chi connectivity index (χ0) is 16.1. The summed E-state index contributed by atoms with van der Waals surface area (Å²) < 4.78 is 0.926. The Morgan fingerprint density at radius 2 is 2.09 bits per heavy atom. The normalized spacial score (nSPS) is 16.9. The molecule has 1 aromatic carbocycles. The van der Waals surface area contributed by atoms with Crippen molar-refractivity contribution >= 4 is 33.2 Å². The standard InChI is InChI=1S/C18H21BrN2OS/c19-16-6-4-5-14(11-16)18(22)20-12-17(15-7-10-23-13-15)21-8-2-1-3-9-21/h4-7,10-11,13,17H,1-3,8-9,12H2,(H,20,22). The summed E-state index contributed by atoms with van der Waals surface area (Å²) in [5.74, 6) is -0.0106. The number of halogens is 1. The summed E-state index contributed by atoms with van der Waals surface area (Å²) in [6, 6.07) is 9.97. The minimum Gasteiger partial charge on any atom is -0.350 e. The van der Waals surface area contributed by atoms with E-state index in [4.69, 9.17) is 0 Å². The number of hydrogen-bond donors (Lipinski definition) is 1. The van der Waals surface area contributed by atoms with Crippen molar-refractivity contribution in [3.63, 3.8) is 0 Å². The van der Waals surface area contributed by atoms with E-state index in [1.165, 1.54) is 24.8 Å². The predicted molar refractivity (Wildman–Crippen MR) is 99.0 cm³/mol. The number of nitrogens with one attached hydrogen (secondary N) is 1. The summed E-state index contributed by atoms with van der Waals surface area (Å²) in [5.41, 5.74) is 2.01. The molecule has 1 saturated heterocycles. The number of nitrogens with zero attached hydrogens (tertiary/aromatic N) is 1. The van der Waals surface area contributed by atoms with Crippen LogP contribution in [0.25, 0.3) is 0 Å². The molecule has 23 heavy (non-hydrogen) atoms. The number of thiophene rings is 1. The van der Waals surface area contributed by atoms with Crippen LogP contribution in [-0.4, -0.2) is 30.4 Å². The quantitative estimate of drug-likeness (QED) is 0.813. The molecule has 2 heterocycles. The van der Waals surface area contributed by atoms with Gasteiger partial charge in [-0.1, -0.05) is 28.4 Å². The number of hydrogen-bond acceptors (Lipinski definition) is 3. The molecule has 0 radical (unpaired) electrons. The van der Waals surface area contributed by atoms with Gasteiger partial charge in [-0.2, -0.15) is 11.3 Å². The van der Waals surface area contributed by atoms with Gasteiger partial charge in [0.25, 0.3) is 5.91 Å². The van der Waals surface area contributed by atoms with Gasteiger partial charge in [0.05, 0.1) is 6.04 Å². The van der Waals surface area contributed by atoms with Crippen molar-refractivity contribution in [3.05, 3.63) is 56.7 Å². The Balaban J connectivity index is 1.67. The fourth-order valence-corrected chi connectivity index (χ4v) is 4.18. The number of carbonyl (C=O) groups excluding carboxylic acids is 1. The first-order valence-electron chi connectivity index (χ1n) is 8.04. The van der Waals surface area contributed by atoms with Gasteiger partial charge in [-0.3, -0.25) is 9.69 Å². The van der Waals surface area contributed by atoms with E-state index >= 15 is 0 Å². The second kappa shape index (κ2) is 8.08. The van der Waals surface area contributed by atoms with Gasteiger partial charge < -0.3 is 5.32 Å². The van der Waals surface area contributed by atoms with Gasteiger partial charge in [0.15, 0.2) is 0 Å². The maximum absolute atomic E-state index is 12.4. The lowest BCUT2D eigenvalue weighted by Gasteiger charge is -2.34. The average Bonchev–Trinajstić information content (AvgIpc) is 3.10. The first-order valence-corrected chi connectivity index (χ1v) is 9.77. The maximum Gasteiger partial charge on any atom is 0.251 e. The molecule has 1 atom stereocenters. The minimum absolute atomic E-state index is 0.0106. The molecule has 1 unspecified atom stereocenters. The Hall–Kier alpha value is -1.17. The molecule has 1 fully saturated rings. The van der Waals surface area contributed by atoms with E-state index in [-0.39, 0.29) is 11.9 Å². The van der Waals surface area contributed by atoms with E-state index in [2.05, 4.69) is 43.0 Å². The van der Waals surface area contributed by atoms with Crippen LogP contribution in [0.5, 0.6) is 0 Å². The monoisotopic (exact) mass is 392 g/mol. The van der Waals surface area contributed by atoms with Crippen LogP contribution >= 0.6 is 27.3 Å². The Morgan fingerprint density at radius 3 is 2.78 bits per heavy atom. The third kappa shape index (κ3) is 4.43. The molecule has 1 aliphatic heterocycles. The van der Waals surface area contributed by atoms with E-state index < -0.39 is 0 Å². The summed E-state index contributed by atoms with van der Waals surface area (Å²) in [5, 5.41) is 7.43. The summed E-state index contributed by atoms with van der Waals surface area (Å²) in [6.45, 7) is 2.89. The van der Waals surface area contributed by atoms with Crippen LogP contribution in [0, 0.1) is 0 Å². The zero-order valence-corrected chi connectivity index (χ0v) is 15.4. The smallest absolute Gasteiger partial charge is 0.251 e. The topological polar surface area (TPSA) is 32.3 Å². The fourth-order valence-electron chi connectivity index (χ4n) is 3.07. The van der Waals surface area contributed by atoms with E-state index in [1.54, 1.807) is 11.3 Å². The van der Waals surface area contributed by atoms with E-state index in [0.29, 0.717) is 12.1 Å². The van der Waals surface area contributed by atoms with Gasteiger partial charge in [-0.25, -0.2) is 0 Å². The van der Waals surface area contributed by atoms with Crippen LogP contribution < -0.4 is 5.32 Å². The number of benzene rings is 1. The molecule has 0 spiro atoms. The molecule has 1 aromatic heterocycles. The van der Waals surface area contributed by atoms with Gasteiger partial charge in [0.1, 0.15) is 0 Å². The van der Waals surface area contributed by atoms with Crippen LogP contribution in [0.3, 0.4) is 0 Å². The van der Waals surface area contributed by atoms with Crippen molar-refractivity contribution in [1.29, 1.82) is 0 Å².